The second kappa shape index (κ2) is 7.94. The van der Waals surface area contributed by atoms with Crippen molar-refractivity contribution in [3.8, 4) is 0 Å². The van der Waals surface area contributed by atoms with Crippen molar-refractivity contribution in [3.05, 3.63) is 47.7 Å². The third kappa shape index (κ3) is 3.80. The Morgan fingerprint density at radius 3 is 2.77 bits per heavy atom. The van der Waals surface area contributed by atoms with Crippen LogP contribution in [0.15, 0.2) is 41.4 Å². The normalized spacial score (nSPS) is 27.6. The van der Waals surface area contributed by atoms with E-state index in [0.29, 0.717) is 24.3 Å². The Labute approximate surface area is 203 Å². The number of anilines is 2. The number of carbonyl (C=O) groups is 1. The number of benzene rings is 1. The first-order chi connectivity index (χ1) is 16.4. The van der Waals surface area contributed by atoms with Crippen molar-refractivity contribution >= 4 is 27.1 Å². The van der Waals surface area contributed by atoms with Gasteiger partial charge >= 0.3 is 0 Å². The molecule has 2 atom stereocenters. The molecule has 1 aliphatic carbocycles. The number of alkyl halides is 2. The summed E-state index contributed by atoms with van der Waals surface area (Å²) in [5.41, 5.74) is 7.08. The van der Waals surface area contributed by atoms with Gasteiger partial charge in [0, 0.05) is 45.2 Å². The summed E-state index contributed by atoms with van der Waals surface area (Å²) in [6, 6.07) is 8.45. The van der Waals surface area contributed by atoms with Gasteiger partial charge in [-0.1, -0.05) is 12.1 Å². The van der Waals surface area contributed by atoms with E-state index in [-0.39, 0.29) is 35.5 Å². The van der Waals surface area contributed by atoms with Crippen LogP contribution in [0.1, 0.15) is 30.4 Å². The molecule has 0 bridgehead atoms. The summed E-state index contributed by atoms with van der Waals surface area (Å²) in [6.45, 7) is 3.14. The maximum atomic E-state index is 14.8. The van der Waals surface area contributed by atoms with Gasteiger partial charge in [0.05, 0.1) is 16.5 Å². The van der Waals surface area contributed by atoms with Gasteiger partial charge in [-0.15, -0.1) is 0 Å². The van der Waals surface area contributed by atoms with E-state index >= 15 is 0 Å². The summed E-state index contributed by atoms with van der Waals surface area (Å²) in [6.07, 6.45) is 2.74. The molecule has 190 valence electrons. The van der Waals surface area contributed by atoms with E-state index in [0.717, 1.165) is 33.6 Å². The zero-order valence-electron chi connectivity index (χ0n) is 19.8. The fraction of sp³-hybridized carbons (Fsp3) is 0.500. The molecule has 0 spiro atoms. The lowest BCUT2D eigenvalue weighted by atomic mass is 9.97. The number of pyridine rings is 1. The molecule has 1 saturated carbocycles. The number of nitrogens with zero attached hydrogens (tertiary/aromatic N) is 4. The van der Waals surface area contributed by atoms with Crippen LogP contribution in [0.3, 0.4) is 0 Å². The Bertz CT molecular complexity index is 1260. The van der Waals surface area contributed by atoms with Gasteiger partial charge in [-0.25, -0.2) is 18.0 Å². The van der Waals surface area contributed by atoms with E-state index in [1.54, 1.807) is 31.2 Å². The highest BCUT2D eigenvalue weighted by molar-refractivity contribution is 8.17. The van der Waals surface area contributed by atoms with Gasteiger partial charge in [0.25, 0.3) is 5.92 Å². The first kappa shape index (κ1) is 24.1. The molecule has 2 aromatic rings. The second-order valence-corrected chi connectivity index (χ2v) is 13.0. The Kier molecular flexibility index (Phi) is 5.46. The Morgan fingerprint density at radius 1 is 1.34 bits per heavy atom. The lowest BCUT2D eigenvalue weighted by Crippen LogP contribution is -2.58. The Hall–Kier alpha value is -2.63. The number of likely N-dealkylation sites (tertiary alicyclic amines) is 1. The molecule has 1 aromatic carbocycles. The topological polar surface area (TPSA) is 106 Å². The van der Waals surface area contributed by atoms with Crippen molar-refractivity contribution in [1.29, 1.82) is 0 Å². The largest absolute Gasteiger partial charge is 0.732 e. The van der Waals surface area contributed by atoms with Crippen LogP contribution in [0, 0.1) is 18.8 Å². The minimum absolute atomic E-state index is 0.0624. The average Bonchev–Trinajstić information content (AvgIpc) is 3.38. The minimum atomic E-state index is -5.26. The zero-order valence-corrected chi connectivity index (χ0v) is 20.6. The number of aryl methyl sites for hydroxylation is 1. The number of fused-ring (bicyclic) bond motifs is 1. The predicted octanol–water partition coefficient (Wildman–Crippen LogP) is 2.84. The standard InChI is InChI=1S/C24H31F2N5O3S/c1-16-7-8-17(13-30-10-4-5-18(14-30)22(27)32)11-21(16)35(33,34)29(2)23-20(6-3-9-28-23)31(35)15-19-12-24(19,25)26/h3,6-9,11,18-19H,4-5,10,12-15H2,1-2H3,(H2,27,32)(H,33,34)/p-1. The molecule has 3 aliphatic rings. The fourth-order valence-corrected chi connectivity index (χ4v) is 8.45. The van der Waals surface area contributed by atoms with Crippen molar-refractivity contribution in [2.45, 2.75) is 43.5 Å². The van der Waals surface area contributed by atoms with E-state index in [4.69, 9.17) is 5.73 Å². The number of aromatic nitrogens is 1. The number of amides is 1. The van der Waals surface area contributed by atoms with E-state index in [1.165, 1.54) is 13.2 Å². The molecule has 0 radical (unpaired) electrons. The van der Waals surface area contributed by atoms with Crippen LogP contribution in [-0.2, 0) is 21.1 Å². The number of halogens is 2. The molecule has 11 heteroatoms. The highest BCUT2D eigenvalue weighted by atomic mass is 32.3. The molecule has 1 aromatic heterocycles. The lowest BCUT2D eigenvalue weighted by Gasteiger charge is -2.62. The highest BCUT2D eigenvalue weighted by Crippen LogP contribution is 2.57. The van der Waals surface area contributed by atoms with Gasteiger partial charge in [0.2, 0.25) is 5.91 Å². The number of sulfonamides is 2. The summed E-state index contributed by atoms with van der Waals surface area (Å²) in [4.78, 5) is 18.1. The van der Waals surface area contributed by atoms with E-state index < -0.39 is 21.6 Å². The van der Waals surface area contributed by atoms with Gasteiger partial charge in [-0.05, 0) is 55.6 Å². The van der Waals surface area contributed by atoms with Crippen molar-refractivity contribution in [3.63, 3.8) is 0 Å². The Morgan fingerprint density at radius 2 is 2.09 bits per heavy atom. The lowest BCUT2D eigenvalue weighted by molar-refractivity contribution is -0.123. The van der Waals surface area contributed by atoms with E-state index in [2.05, 4.69) is 9.88 Å². The molecule has 1 saturated heterocycles. The van der Waals surface area contributed by atoms with Gasteiger partial charge < -0.3 is 10.3 Å². The number of nitrogens with two attached hydrogens (primary N) is 1. The number of carbonyl (C=O) groups excluding carboxylic acids is 1. The van der Waals surface area contributed by atoms with Crippen molar-refractivity contribution in [1.82, 2.24) is 9.88 Å². The summed E-state index contributed by atoms with van der Waals surface area (Å²) in [5.74, 6) is -4.24. The molecular formula is C24H30F2N5O3S-. The smallest absolute Gasteiger partial charge is 0.253 e. The average molecular weight is 507 g/mol. The highest BCUT2D eigenvalue weighted by Gasteiger charge is 2.59. The third-order valence-corrected chi connectivity index (χ3v) is 10.9. The first-order valence-corrected chi connectivity index (χ1v) is 13.6. The second-order valence-electron chi connectivity index (χ2n) is 9.94. The number of rotatable bonds is 6. The van der Waals surface area contributed by atoms with Crippen LogP contribution in [0.5, 0.6) is 0 Å². The molecule has 2 aliphatic heterocycles. The molecule has 2 N–H and O–H groups in total. The van der Waals surface area contributed by atoms with Crippen molar-refractivity contribution in [2.75, 3.05) is 35.3 Å². The molecule has 2 unspecified atom stereocenters. The molecule has 1 amide bonds. The summed E-state index contributed by atoms with van der Waals surface area (Å²) < 4.78 is 59.7. The number of primary amides is 1. The van der Waals surface area contributed by atoms with Crippen LogP contribution in [0.4, 0.5) is 20.3 Å². The van der Waals surface area contributed by atoms with Gasteiger partial charge in [0.15, 0.2) is 5.82 Å². The molecule has 2 fully saturated rings. The van der Waals surface area contributed by atoms with Crippen LogP contribution in [-0.4, -0.2) is 57.2 Å². The van der Waals surface area contributed by atoms with Gasteiger partial charge in [0.1, 0.15) is 0 Å². The monoisotopic (exact) mass is 506 g/mol. The van der Waals surface area contributed by atoms with Crippen molar-refractivity contribution < 1.29 is 22.3 Å². The Balaban J connectivity index is 1.54. The van der Waals surface area contributed by atoms with Crippen LogP contribution < -0.4 is 14.3 Å². The molecule has 5 rings (SSSR count). The summed E-state index contributed by atoms with van der Waals surface area (Å²) in [7, 11) is -3.84. The maximum Gasteiger partial charge on any atom is 0.253 e. The number of hydrogen-bond acceptors (Lipinski definition) is 5. The zero-order chi connectivity index (χ0) is 25.2. The van der Waals surface area contributed by atoms with Crippen LogP contribution in [0.25, 0.3) is 0 Å². The van der Waals surface area contributed by atoms with Gasteiger partial charge in [-0.2, -0.15) is 9.72 Å². The van der Waals surface area contributed by atoms with Crippen LogP contribution >= 0.6 is 0 Å². The first-order valence-electron chi connectivity index (χ1n) is 11.8. The minimum Gasteiger partial charge on any atom is -0.732 e. The fourth-order valence-electron chi connectivity index (χ4n) is 5.27. The summed E-state index contributed by atoms with van der Waals surface area (Å²) >= 11 is 0. The number of hydrogen-bond donors (Lipinski definition) is 1. The molecule has 3 heterocycles. The molecule has 35 heavy (non-hydrogen) atoms. The van der Waals surface area contributed by atoms with Crippen LogP contribution in [0.2, 0.25) is 0 Å². The van der Waals surface area contributed by atoms with Crippen molar-refractivity contribution in [2.24, 2.45) is 17.6 Å². The number of piperidine rings is 1. The van der Waals surface area contributed by atoms with E-state index in [1.807, 2.05) is 6.07 Å². The van der Waals surface area contributed by atoms with Gasteiger partial charge in [-0.3, -0.25) is 18.3 Å². The third-order valence-electron chi connectivity index (χ3n) is 7.49. The molecule has 8 nitrogen and oxygen atoms in total. The van der Waals surface area contributed by atoms with E-state index in [9.17, 15) is 22.3 Å². The SMILES string of the molecule is Cc1ccc(CN2CCCC(C(N)=O)C2)cc1S1(=O)([O-])N(C)c2ncccc2N1CC1CC1(F)F. The summed E-state index contributed by atoms with van der Waals surface area (Å²) in [5, 5.41) is 0. The predicted molar refractivity (Wildman–Crippen MR) is 129 cm³/mol. The molecular weight excluding hydrogens is 476 g/mol. The quantitative estimate of drug-likeness (QED) is 0.649. The maximum absolute atomic E-state index is 14.8.